The van der Waals surface area contributed by atoms with E-state index >= 15 is 0 Å². The summed E-state index contributed by atoms with van der Waals surface area (Å²) in [7, 11) is 3.29. The average molecular weight is 611 g/mol. The maximum Gasteiger partial charge on any atom is 0.309 e. The van der Waals surface area contributed by atoms with Crippen molar-refractivity contribution in [3.63, 3.8) is 0 Å². The molecule has 0 saturated carbocycles. The summed E-state index contributed by atoms with van der Waals surface area (Å²) in [5.74, 6) is 2.48. The molecule has 42 heavy (non-hydrogen) atoms. The number of halogens is 1. The van der Waals surface area contributed by atoms with Gasteiger partial charge in [-0.3, -0.25) is 9.59 Å². The normalized spacial score (nSPS) is 15.2. The molecular weight excluding hydrogens is 576 g/mol. The first-order chi connectivity index (χ1) is 20.4. The lowest BCUT2D eigenvalue weighted by molar-refractivity contribution is -0.149. The number of nitrogens with zero attached hydrogens (tertiary/aromatic N) is 4. The number of likely N-dealkylation sites (tertiary alicyclic amines) is 1. The Balaban J connectivity index is 1.22. The Morgan fingerprint density at radius 2 is 1.74 bits per heavy atom. The van der Waals surface area contributed by atoms with Crippen LogP contribution in [0, 0.1) is 5.92 Å². The lowest BCUT2D eigenvalue weighted by atomic mass is 9.96. The second kappa shape index (κ2) is 13.6. The highest BCUT2D eigenvalue weighted by molar-refractivity contribution is 7.98. The lowest BCUT2D eigenvalue weighted by Gasteiger charge is -2.31. The Bertz CT molecular complexity index is 1450. The monoisotopic (exact) mass is 610 g/mol. The van der Waals surface area contributed by atoms with Crippen molar-refractivity contribution in [2.24, 2.45) is 5.92 Å². The number of esters is 1. The van der Waals surface area contributed by atoms with Crippen LogP contribution in [0.5, 0.6) is 11.5 Å². The number of methoxy groups -OCH3 is 2. The van der Waals surface area contributed by atoms with Crippen molar-refractivity contribution in [2.45, 2.75) is 43.6 Å². The summed E-state index contributed by atoms with van der Waals surface area (Å²) in [6.07, 6.45) is 2.10. The molecule has 11 heteroatoms. The number of anilines is 1. The third kappa shape index (κ3) is 6.93. The Morgan fingerprint density at radius 1 is 1.00 bits per heavy atom. The number of thioether (sulfide) groups is 1. The molecular formula is C31H35ClN4O5S. The molecule has 1 amide bonds. The fraction of sp³-hybridized carbons (Fsp3) is 0.419. The standard InChI is InChI=1S/C31H35ClN4O5S/c1-4-41-30(38)21-8-11-35(12-9-21)29(37)23-7-5-6-20(14-23)19-42-31-33-27(32)17-28(34-31)36-13-10-22-15-25(39-2)26(40-3)16-24(22)18-36/h5-7,14-17,21H,4,8-13,18-19H2,1-3H3. The number of fused-ring (bicyclic) bond motifs is 1. The van der Waals surface area contributed by atoms with Crippen LogP contribution in [0.1, 0.15) is 46.8 Å². The van der Waals surface area contributed by atoms with Gasteiger partial charge in [0.15, 0.2) is 16.7 Å². The lowest BCUT2D eigenvalue weighted by Crippen LogP contribution is -2.40. The van der Waals surface area contributed by atoms with Crippen LogP contribution in [0.25, 0.3) is 0 Å². The third-order valence-corrected chi connectivity index (χ3v) is 8.76. The highest BCUT2D eigenvalue weighted by atomic mass is 35.5. The minimum absolute atomic E-state index is 0.0231. The second-order valence-electron chi connectivity index (χ2n) is 10.3. The van der Waals surface area contributed by atoms with Gasteiger partial charge in [-0.25, -0.2) is 9.97 Å². The van der Waals surface area contributed by atoms with Crippen LogP contribution in [0.15, 0.2) is 47.6 Å². The van der Waals surface area contributed by atoms with Crippen molar-refractivity contribution >= 4 is 41.1 Å². The zero-order valence-corrected chi connectivity index (χ0v) is 25.7. The Kier molecular flexibility index (Phi) is 9.74. The smallest absolute Gasteiger partial charge is 0.309 e. The average Bonchev–Trinajstić information content (AvgIpc) is 3.02. The van der Waals surface area contributed by atoms with Crippen LogP contribution in [0.3, 0.4) is 0 Å². The topological polar surface area (TPSA) is 94.1 Å². The van der Waals surface area contributed by atoms with E-state index in [1.807, 2.05) is 48.2 Å². The SMILES string of the molecule is CCOC(=O)C1CCN(C(=O)c2cccc(CSc3nc(Cl)cc(N4CCc5cc(OC)c(OC)cc5C4)n3)c2)CC1. The first-order valence-corrected chi connectivity index (χ1v) is 15.5. The van der Waals surface area contributed by atoms with Crippen LogP contribution in [-0.2, 0) is 28.2 Å². The number of ether oxygens (including phenoxy) is 3. The van der Waals surface area contributed by atoms with Gasteiger partial charge in [-0.15, -0.1) is 0 Å². The number of amides is 1. The van der Waals surface area contributed by atoms with E-state index in [2.05, 4.69) is 9.88 Å². The summed E-state index contributed by atoms with van der Waals surface area (Å²) < 4.78 is 16.1. The zero-order valence-electron chi connectivity index (χ0n) is 24.1. The van der Waals surface area contributed by atoms with Gasteiger partial charge in [0.1, 0.15) is 11.0 Å². The van der Waals surface area contributed by atoms with E-state index in [1.54, 1.807) is 20.3 Å². The van der Waals surface area contributed by atoms with Crippen molar-refractivity contribution in [3.8, 4) is 11.5 Å². The van der Waals surface area contributed by atoms with Crippen molar-refractivity contribution < 1.29 is 23.8 Å². The predicted octanol–water partition coefficient (Wildman–Crippen LogP) is 5.42. The summed E-state index contributed by atoms with van der Waals surface area (Å²) in [5.41, 5.74) is 4.02. The molecule has 3 heterocycles. The highest BCUT2D eigenvalue weighted by Gasteiger charge is 2.29. The van der Waals surface area contributed by atoms with E-state index in [0.29, 0.717) is 66.5 Å². The number of aromatic nitrogens is 2. The van der Waals surface area contributed by atoms with Gasteiger partial charge in [-0.2, -0.15) is 0 Å². The Hall–Kier alpha value is -3.50. The fourth-order valence-electron chi connectivity index (χ4n) is 5.39. The van der Waals surface area contributed by atoms with Gasteiger partial charge < -0.3 is 24.0 Å². The summed E-state index contributed by atoms with van der Waals surface area (Å²) in [6.45, 7) is 4.74. The molecule has 1 aromatic heterocycles. The molecule has 1 fully saturated rings. The number of piperidine rings is 1. The Labute approximate surface area is 255 Å². The highest BCUT2D eigenvalue weighted by Crippen LogP contribution is 2.35. The maximum atomic E-state index is 13.2. The number of hydrogen-bond acceptors (Lipinski definition) is 9. The molecule has 2 aliphatic heterocycles. The molecule has 222 valence electrons. The van der Waals surface area contributed by atoms with Gasteiger partial charge >= 0.3 is 5.97 Å². The van der Waals surface area contributed by atoms with Gasteiger partial charge in [-0.05, 0) is 67.1 Å². The number of hydrogen-bond donors (Lipinski definition) is 0. The van der Waals surface area contributed by atoms with E-state index in [0.717, 1.165) is 35.7 Å². The van der Waals surface area contributed by atoms with Crippen LogP contribution >= 0.6 is 23.4 Å². The zero-order chi connectivity index (χ0) is 29.6. The van der Waals surface area contributed by atoms with Gasteiger partial charge in [0.05, 0.1) is 26.7 Å². The molecule has 0 N–H and O–H groups in total. The van der Waals surface area contributed by atoms with Crippen molar-refractivity contribution in [1.29, 1.82) is 0 Å². The molecule has 5 rings (SSSR count). The van der Waals surface area contributed by atoms with Crippen molar-refractivity contribution in [3.05, 3.63) is 69.9 Å². The van der Waals surface area contributed by atoms with E-state index in [4.69, 9.17) is 30.8 Å². The molecule has 2 aromatic carbocycles. The largest absolute Gasteiger partial charge is 0.493 e. The van der Waals surface area contributed by atoms with Gasteiger partial charge in [0, 0.05) is 43.6 Å². The van der Waals surface area contributed by atoms with Gasteiger partial charge in [-0.1, -0.05) is 35.5 Å². The molecule has 0 unspecified atom stereocenters. The van der Waals surface area contributed by atoms with Gasteiger partial charge in [0.25, 0.3) is 5.91 Å². The summed E-state index contributed by atoms with van der Waals surface area (Å²) >= 11 is 7.91. The number of rotatable bonds is 9. The number of carbonyl (C=O) groups excluding carboxylic acids is 2. The predicted molar refractivity (Wildman–Crippen MR) is 163 cm³/mol. The molecule has 3 aromatic rings. The van der Waals surface area contributed by atoms with Crippen molar-refractivity contribution in [1.82, 2.24) is 14.9 Å². The minimum atomic E-state index is -0.166. The number of benzene rings is 2. The second-order valence-corrected chi connectivity index (χ2v) is 11.6. The summed E-state index contributed by atoms with van der Waals surface area (Å²) in [4.78, 5) is 38.5. The molecule has 0 bridgehead atoms. The molecule has 0 aliphatic carbocycles. The summed E-state index contributed by atoms with van der Waals surface area (Å²) in [6, 6.07) is 13.5. The molecule has 0 radical (unpaired) electrons. The summed E-state index contributed by atoms with van der Waals surface area (Å²) in [5, 5.41) is 0.962. The molecule has 2 aliphatic rings. The van der Waals surface area contributed by atoms with Crippen LogP contribution in [0.4, 0.5) is 5.82 Å². The molecule has 9 nitrogen and oxygen atoms in total. The number of carbonyl (C=O) groups is 2. The van der Waals surface area contributed by atoms with E-state index < -0.39 is 0 Å². The van der Waals surface area contributed by atoms with Gasteiger partial charge in [0.2, 0.25) is 0 Å². The van der Waals surface area contributed by atoms with E-state index in [1.165, 1.54) is 17.3 Å². The van der Waals surface area contributed by atoms with Crippen molar-refractivity contribution in [2.75, 3.05) is 45.4 Å². The van der Waals surface area contributed by atoms with Crippen LogP contribution in [0.2, 0.25) is 5.15 Å². The van der Waals surface area contributed by atoms with Crippen LogP contribution < -0.4 is 14.4 Å². The van der Waals surface area contributed by atoms with Crippen LogP contribution in [-0.4, -0.2) is 67.2 Å². The Morgan fingerprint density at radius 3 is 2.45 bits per heavy atom. The molecule has 1 saturated heterocycles. The first kappa shape index (κ1) is 30.0. The molecule has 0 spiro atoms. The maximum absolute atomic E-state index is 13.2. The minimum Gasteiger partial charge on any atom is -0.493 e. The van der Waals surface area contributed by atoms with E-state index in [-0.39, 0.29) is 17.8 Å². The molecule has 0 atom stereocenters. The fourth-order valence-corrected chi connectivity index (χ4v) is 6.42. The first-order valence-electron chi connectivity index (χ1n) is 14.1. The quantitative estimate of drug-likeness (QED) is 0.136. The third-order valence-electron chi connectivity index (χ3n) is 7.65. The van der Waals surface area contributed by atoms with E-state index in [9.17, 15) is 9.59 Å².